The first-order chi connectivity index (χ1) is 16.2. The van der Waals surface area contributed by atoms with Crippen LogP contribution in [0.5, 0.6) is 0 Å². The van der Waals surface area contributed by atoms with Crippen molar-refractivity contribution in [2.24, 2.45) is 0 Å². The smallest absolute Gasteiger partial charge is 0.391 e. The van der Waals surface area contributed by atoms with Gasteiger partial charge in [-0.2, -0.15) is 87.8 Å². The first-order valence-corrected chi connectivity index (χ1v) is 11.6. The van der Waals surface area contributed by atoms with E-state index in [0.29, 0.717) is 6.92 Å². The second-order valence-electron chi connectivity index (χ2n) is 7.55. The van der Waals surface area contributed by atoms with E-state index in [1.165, 1.54) is 0 Å². The molecule has 0 saturated carbocycles. The maximum atomic E-state index is 14.4. The van der Waals surface area contributed by atoms with E-state index >= 15 is 0 Å². The summed E-state index contributed by atoms with van der Waals surface area (Å²) < 4.78 is 274. The zero-order valence-corrected chi connectivity index (χ0v) is 19.2. The molecule has 0 rings (SSSR count). The fraction of sp³-hybridized carbons (Fsp3) is 1.00. The molecule has 0 aliphatic rings. The van der Waals surface area contributed by atoms with Gasteiger partial charge in [0.2, 0.25) is 0 Å². The topological polar surface area (TPSA) is 18.5 Å². The van der Waals surface area contributed by atoms with Gasteiger partial charge < -0.3 is 8.85 Å². The van der Waals surface area contributed by atoms with Crippen LogP contribution >= 0.6 is 0 Å². The van der Waals surface area contributed by atoms with E-state index < -0.39 is 94.6 Å². The zero-order chi connectivity index (χ0) is 31.2. The van der Waals surface area contributed by atoms with E-state index in [4.69, 9.17) is 0 Å². The molecule has 0 aliphatic carbocycles. The summed E-state index contributed by atoms with van der Waals surface area (Å²) >= 11 is 0. The molecule has 23 heteroatoms. The van der Waals surface area contributed by atoms with Crippen LogP contribution in [0, 0.1) is 0 Å². The first-order valence-electron chi connectivity index (χ1n) is 9.28. The number of rotatable bonds is 13. The van der Waals surface area contributed by atoms with Gasteiger partial charge in [0.15, 0.2) is 0 Å². The van der Waals surface area contributed by atoms with Gasteiger partial charge in [-0.05, 0) is 13.5 Å². The zero-order valence-electron chi connectivity index (χ0n) is 18.2. The van der Waals surface area contributed by atoms with Crippen molar-refractivity contribution in [3.63, 3.8) is 0 Å². The Morgan fingerprint density at radius 1 is 0.474 bits per heavy atom. The van der Waals surface area contributed by atoms with Crippen LogP contribution in [-0.4, -0.2) is 75.2 Å². The maximum Gasteiger partial charge on any atom is 0.419 e. The van der Waals surface area contributed by atoms with Gasteiger partial charge in [-0.25, -0.2) is 0 Å². The molecular formula is C15H14F20O2Si. The average Bonchev–Trinajstić information content (AvgIpc) is 2.69. The molecule has 1 atom stereocenters. The quantitative estimate of drug-likeness (QED) is 0.151. The monoisotopic (exact) mass is 634 g/mol. The summed E-state index contributed by atoms with van der Waals surface area (Å²) in [4.78, 5) is 0. The molecule has 0 bridgehead atoms. The highest BCUT2D eigenvalue weighted by molar-refractivity contribution is 6.69. The highest BCUT2D eigenvalue weighted by Crippen LogP contribution is 2.63. The third-order valence-electron chi connectivity index (χ3n) is 4.65. The standard InChI is InChI=1S/C15H14F20O2Si/c1-3-36-38(2,37-6-9(21,22)23)15(34,35)14(32,33)13(30,31)12(28,29)11(26,27)10(24,25)7(16,17)4-5-8(18,19)20/h3-6H2,1-2H3. The van der Waals surface area contributed by atoms with Crippen molar-refractivity contribution in [3.05, 3.63) is 0 Å². The molecule has 0 aromatic heterocycles. The van der Waals surface area contributed by atoms with Crippen molar-refractivity contribution in [2.75, 3.05) is 13.2 Å². The van der Waals surface area contributed by atoms with Gasteiger partial charge in [-0.15, -0.1) is 0 Å². The fourth-order valence-electron chi connectivity index (χ4n) is 2.48. The lowest BCUT2D eigenvalue weighted by Gasteiger charge is -2.45. The van der Waals surface area contributed by atoms with Crippen molar-refractivity contribution < 1.29 is 96.7 Å². The molecule has 0 aromatic rings. The van der Waals surface area contributed by atoms with Crippen molar-refractivity contribution in [1.29, 1.82) is 0 Å². The minimum absolute atomic E-state index is 0.543. The SMILES string of the molecule is CCO[Si](C)(OCC(F)(F)F)C(F)(F)C(F)(F)C(F)(F)C(F)(F)C(F)(F)C(F)(F)C(F)(F)CCC(F)(F)F. The van der Waals surface area contributed by atoms with Crippen LogP contribution < -0.4 is 0 Å². The Hall–Kier alpha value is -1.26. The number of halogens is 20. The summed E-state index contributed by atoms with van der Waals surface area (Å²) in [6, 6.07) is 0. The third-order valence-corrected chi connectivity index (χ3v) is 7.64. The minimum atomic E-state index is -8.62. The molecule has 2 nitrogen and oxygen atoms in total. The second-order valence-corrected chi connectivity index (χ2v) is 10.6. The van der Waals surface area contributed by atoms with E-state index in [2.05, 4.69) is 8.85 Å². The van der Waals surface area contributed by atoms with E-state index in [-0.39, 0.29) is 0 Å². The van der Waals surface area contributed by atoms with Gasteiger partial charge in [0.25, 0.3) is 0 Å². The Morgan fingerprint density at radius 3 is 1.18 bits per heavy atom. The highest BCUT2D eigenvalue weighted by Gasteiger charge is 2.94. The summed E-state index contributed by atoms with van der Waals surface area (Å²) in [5.41, 5.74) is -7.11. The van der Waals surface area contributed by atoms with Gasteiger partial charge >= 0.3 is 62.0 Å². The Balaban J connectivity index is 6.80. The van der Waals surface area contributed by atoms with Crippen molar-refractivity contribution in [2.45, 2.75) is 79.7 Å². The third kappa shape index (κ3) is 6.22. The molecule has 230 valence electrons. The summed E-state index contributed by atoms with van der Waals surface area (Å²) in [7, 11) is -6.91. The molecule has 0 fully saturated rings. The molecule has 0 spiro atoms. The molecule has 0 radical (unpaired) electrons. The fourth-order valence-corrected chi connectivity index (χ4v) is 4.64. The number of alkyl halides is 20. The van der Waals surface area contributed by atoms with Crippen LogP contribution in [0.15, 0.2) is 0 Å². The van der Waals surface area contributed by atoms with E-state index in [1.807, 2.05) is 0 Å². The molecular weight excluding hydrogens is 620 g/mol. The van der Waals surface area contributed by atoms with Crippen molar-refractivity contribution in [3.8, 4) is 0 Å². The van der Waals surface area contributed by atoms with Crippen LogP contribution in [0.4, 0.5) is 87.8 Å². The lowest BCUT2D eigenvalue weighted by atomic mass is 9.90. The largest absolute Gasteiger partial charge is 0.419 e. The van der Waals surface area contributed by atoms with E-state index in [9.17, 15) is 87.8 Å². The van der Waals surface area contributed by atoms with Crippen LogP contribution in [0.3, 0.4) is 0 Å². The molecule has 0 heterocycles. The number of hydrogen-bond donors (Lipinski definition) is 0. The van der Waals surface area contributed by atoms with Crippen molar-refractivity contribution >= 4 is 8.56 Å². The van der Waals surface area contributed by atoms with E-state index in [1.54, 1.807) is 0 Å². The molecule has 0 N–H and O–H groups in total. The van der Waals surface area contributed by atoms with Crippen LogP contribution in [0.1, 0.15) is 19.8 Å². The summed E-state index contributed by atoms with van der Waals surface area (Å²) in [6.45, 7) is -4.37. The van der Waals surface area contributed by atoms with Gasteiger partial charge in [0.1, 0.15) is 6.61 Å². The Kier molecular flexibility index (Phi) is 9.95. The van der Waals surface area contributed by atoms with Crippen LogP contribution in [0.25, 0.3) is 0 Å². The Labute approximate surface area is 199 Å². The predicted molar refractivity (Wildman–Crippen MR) is 85.2 cm³/mol. The van der Waals surface area contributed by atoms with Crippen LogP contribution in [0.2, 0.25) is 6.55 Å². The Bertz CT molecular complexity index is 803. The van der Waals surface area contributed by atoms with Crippen molar-refractivity contribution in [1.82, 2.24) is 0 Å². The highest BCUT2D eigenvalue weighted by atomic mass is 28.4. The Morgan fingerprint density at radius 2 is 0.842 bits per heavy atom. The summed E-state index contributed by atoms with van der Waals surface area (Å²) in [5, 5.41) is 0. The lowest BCUT2D eigenvalue weighted by molar-refractivity contribution is -0.438. The van der Waals surface area contributed by atoms with Gasteiger partial charge in [0, 0.05) is 19.4 Å². The molecule has 38 heavy (non-hydrogen) atoms. The molecule has 0 aliphatic heterocycles. The average molecular weight is 634 g/mol. The predicted octanol–water partition coefficient (Wildman–Crippen LogP) is 8.00. The molecule has 0 amide bonds. The van der Waals surface area contributed by atoms with Gasteiger partial charge in [-0.3, -0.25) is 0 Å². The minimum Gasteiger partial charge on any atom is -0.391 e. The molecule has 0 saturated heterocycles. The van der Waals surface area contributed by atoms with Gasteiger partial charge in [0.05, 0.1) is 0 Å². The summed E-state index contributed by atoms with van der Waals surface area (Å²) in [5.74, 6) is -48.7. The first kappa shape index (κ1) is 36.7. The normalized spacial score (nSPS) is 17.5. The maximum absolute atomic E-state index is 14.4. The molecule has 1 unspecified atom stereocenters. The second kappa shape index (κ2) is 10.3. The molecule has 0 aromatic carbocycles. The summed E-state index contributed by atoms with van der Waals surface area (Å²) in [6.07, 6.45) is -18.1. The van der Waals surface area contributed by atoms with Crippen LogP contribution in [-0.2, 0) is 8.85 Å². The van der Waals surface area contributed by atoms with E-state index in [0.717, 1.165) is 0 Å². The van der Waals surface area contributed by atoms with Gasteiger partial charge in [-0.1, -0.05) is 0 Å². The lowest BCUT2D eigenvalue weighted by Crippen LogP contribution is -2.77. The number of hydrogen-bond acceptors (Lipinski definition) is 2.